The number of carboxylic acids is 1. The average Bonchev–Trinajstić information content (AvgIpc) is 2.87. The van der Waals surface area contributed by atoms with Crippen molar-refractivity contribution in [2.75, 3.05) is 13.7 Å². The van der Waals surface area contributed by atoms with E-state index in [1.807, 2.05) is 32.5 Å². The first-order valence-corrected chi connectivity index (χ1v) is 8.91. The van der Waals surface area contributed by atoms with Gasteiger partial charge in [0, 0.05) is 25.2 Å². The molecule has 0 saturated carbocycles. The van der Waals surface area contributed by atoms with Crippen LogP contribution in [0.1, 0.15) is 39.8 Å². The number of nitrogens with one attached hydrogen (secondary N) is 1. The normalized spacial score (nSPS) is 11.9. The molecule has 0 bridgehead atoms. The second kappa shape index (κ2) is 8.70. The molecule has 7 heteroatoms. The summed E-state index contributed by atoms with van der Waals surface area (Å²) < 4.78 is 7.10. The second-order valence-electron chi connectivity index (χ2n) is 6.75. The molecule has 2 aromatic rings. The molecule has 2 rings (SSSR count). The lowest BCUT2D eigenvalue weighted by Gasteiger charge is -2.14. The van der Waals surface area contributed by atoms with Crippen LogP contribution in [0.15, 0.2) is 18.2 Å². The lowest BCUT2D eigenvalue weighted by atomic mass is 9.98. The maximum Gasteiger partial charge on any atom is 0.335 e. The van der Waals surface area contributed by atoms with Crippen LogP contribution >= 0.6 is 0 Å². The van der Waals surface area contributed by atoms with Gasteiger partial charge in [0.15, 0.2) is 0 Å². The largest absolute Gasteiger partial charge is 0.496 e. The van der Waals surface area contributed by atoms with Crippen LogP contribution in [0.4, 0.5) is 0 Å². The zero-order valence-corrected chi connectivity index (χ0v) is 16.5. The van der Waals surface area contributed by atoms with Gasteiger partial charge >= 0.3 is 5.97 Å². The van der Waals surface area contributed by atoms with E-state index in [1.165, 1.54) is 13.2 Å². The Kier molecular flexibility index (Phi) is 6.60. The van der Waals surface area contributed by atoms with Crippen LogP contribution in [0.3, 0.4) is 0 Å². The van der Waals surface area contributed by atoms with Gasteiger partial charge in [-0.2, -0.15) is 5.10 Å². The lowest BCUT2D eigenvalue weighted by Crippen LogP contribution is -2.32. The summed E-state index contributed by atoms with van der Waals surface area (Å²) in [4.78, 5) is 23.5. The molecule has 0 aliphatic heterocycles. The number of methoxy groups -OCH3 is 1. The first kappa shape index (κ1) is 20.5. The van der Waals surface area contributed by atoms with E-state index in [9.17, 15) is 9.59 Å². The number of amides is 1. The molecular formula is C20H27N3O4. The van der Waals surface area contributed by atoms with Crippen LogP contribution < -0.4 is 10.1 Å². The standard InChI is InChI=1S/C20H27N3O4/c1-12(10-17-13(2)22-23(4)14(17)3)19(24)21-9-8-15-6-7-16(20(25)26)11-18(15)27-5/h6-7,11-12H,8-10H2,1-5H3,(H,21,24)(H,25,26). The quantitative estimate of drug-likeness (QED) is 0.740. The van der Waals surface area contributed by atoms with E-state index in [2.05, 4.69) is 10.4 Å². The number of carbonyl (C=O) groups excluding carboxylic acids is 1. The van der Waals surface area contributed by atoms with Crippen LogP contribution in [0.2, 0.25) is 0 Å². The number of nitrogens with zero attached hydrogens (tertiary/aromatic N) is 2. The third-order valence-electron chi connectivity index (χ3n) is 4.84. The molecule has 1 amide bonds. The van der Waals surface area contributed by atoms with Crippen molar-refractivity contribution < 1.29 is 19.4 Å². The molecular weight excluding hydrogens is 346 g/mol. The second-order valence-corrected chi connectivity index (χ2v) is 6.75. The van der Waals surface area contributed by atoms with E-state index in [0.717, 1.165) is 22.5 Å². The number of aryl methyl sites for hydroxylation is 2. The molecule has 2 N–H and O–H groups in total. The first-order valence-electron chi connectivity index (χ1n) is 8.91. The Bertz CT molecular complexity index is 842. The van der Waals surface area contributed by atoms with Crippen LogP contribution in [-0.4, -0.2) is 40.4 Å². The van der Waals surface area contributed by atoms with E-state index in [-0.39, 0.29) is 17.4 Å². The number of hydrogen-bond donors (Lipinski definition) is 2. The number of hydrogen-bond acceptors (Lipinski definition) is 4. The fourth-order valence-electron chi connectivity index (χ4n) is 3.09. The van der Waals surface area contributed by atoms with Crippen LogP contribution in [0, 0.1) is 19.8 Å². The highest BCUT2D eigenvalue weighted by molar-refractivity contribution is 5.88. The van der Waals surface area contributed by atoms with Gasteiger partial charge in [-0.25, -0.2) is 4.79 Å². The summed E-state index contributed by atoms with van der Waals surface area (Å²) in [7, 11) is 3.41. The van der Waals surface area contributed by atoms with E-state index in [4.69, 9.17) is 9.84 Å². The van der Waals surface area contributed by atoms with Crippen molar-refractivity contribution in [3.63, 3.8) is 0 Å². The Morgan fingerprint density at radius 2 is 2.04 bits per heavy atom. The predicted molar refractivity (Wildman–Crippen MR) is 102 cm³/mol. The molecule has 1 aromatic heterocycles. The molecule has 1 unspecified atom stereocenters. The third-order valence-corrected chi connectivity index (χ3v) is 4.84. The smallest absolute Gasteiger partial charge is 0.335 e. The van der Waals surface area contributed by atoms with Gasteiger partial charge in [-0.3, -0.25) is 9.48 Å². The first-order chi connectivity index (χ1) is 12.7. The summed E-state index contributed by atoms with van der Waals surface area (Å²) in [6.45, 7) is 6.33. The SMILES string of the molecule is COc1cc(C(=O)O)ccc1CCNC(=O)C(C)Cc1c(C)nn(C)c1C. The number of benzene rings is 1. The van der Waals surface area contributed by atoms with Gasteiger partial charge in [-0.1, -0.05) is 13.0 Å². The van der Waals surface area contributed by atoms with Gasteiger partial charge in [-0.15, -0.1) is 0 Å². The van der Waals surface area contributed by atoms with Crippen molar-refractivity contribution in [1.29, 1.82) is 0 Å². The van der Waals surface area contributed by atoms with Crippen molar-refractivity contribution in [2.45, 2.75) is 33.6 Å². The molecule has 1 atom stereocenters. The van der Waals surface area contributed by atoms with E-state index in [1.54, 1.807) is 12.1 Å². The van der Waals surface area contributed by atoms with Gasteiger partial charge in [0.05, 0.1) is 18.4 Å². The van der Waals surface area contributed by atoms with Gasteiger partial charge in [0.1, 0.15) is 5.75 Å². The van der Waals surface area contributed by atoms with Gasteiger partial charge in [0.2, 0.25) is 5.91 Å². The molecule has 0 aliphatic rings. The molecule has 7 nitrogen and oxygen atoms in total. The number of aromatic carboxylic acids is 1. The fourth-order valence-corrected chi connectivity index (χ4v) is 3.09. The van der Waals surface area contributed by atoms with E-state index in [0.29, 0.717) is 25.1 Å². The highest BCUT2D eigenvalue weighted by Crippen LogP contribution is 2.21. The predicted octanol–water partition coefficient (Wildman–Crippen LogP) is 2.28. The van der Waals surface area contributed by atoms with E-state index < -0.39 is 5.97 Å². The Morgan fingerprint density at radius 1 is 1.33 bits per heavy atom. The maximum atomic E-state index is 12.4. The summed E-state index contributed by atoms with van der Waals surface area (Å²) in [6, 6.07) is 4.76. The number of aromatic nitrogens is 2. The molecule has 0 aliphatic carbocycles. The molecule has 0 radical (unpaired) electrons. The minimum atomic E-state index is -0.997. The summed E-state index contributed by atoms with van der Waals surface area (Å²) in [5.74, 6) is -0.663. The van der Waals surface area contributed by atoms with Crippen LogP contribution in [0.25, 0.3) is 0 Å². The number of ether oxygens (including phenoxy) is 1. The highest BCUT2D eigenvalue weighted by Gasteiger charge is 2.18. The van der Waals surface area contributed by atoms with E-state index >= 15 is 0 Å². The summed E-state index contributed by atoms with van der Waals surface area (Å²) in [5.41, 5.74) is 4.18. The minimum Gasteiger partial charge on any atom is -0.496 e. The Balaban J connectivity index is 1.93. The van der Waals surface area contributed by atoms with Crippen molar-refractivity contribution in [2.24, 2.45) is 13.0 Å². The average molecular weight is 373 g/mol. The monoisotopic (exact) mass is 373 g/mol. The number of carboxylic acid groups (broad SMARTS) is 1. The topological polar surface area (TPSA) is 93.4 Å². The molecule has 27 heavy (non-hydrogen) atoms. The van der Waals surface area contributed by atoms with Gasteiger partial charge in [0.25, 0.3) is 0 Å². The Labute approximate surface area is 159 Å². The highest BCUT2D eigenvalue weighted by atomic mass is 16.5. The molecule has 1 aromatic carbocycles. The fraction of sp³-hybridized carbons (Fsp3) is 0.450. The molecule has 0 spiro atoms. The van der Waals surface area contributed by atoms with Gasteiger partial charge < -0.3 is 15.2 Å². The summed E-state index contributed by atoms with van der Waals surface area (Å²) in [5, 5.41) is 16.4. The van der Waals surface area contributed by atoms with Crippen LogP contribution in [-0.2, 0) is 24.7 Å². The maximum absolute atomic E-state index is 12.4. The van der Waals surface area contributed by atoms with Crippen LogP contribution in [0.5, 0.6) is 5.75 Å². The van der Waals surface area contributed by atoms with Gasteiger partial charge in [-0.05, 0) is 49.9 Å². The number of carbonyl (C=O) groups is 2. The molecule has 1 heterocycles. The molecule has 0 saturated heterocycles. The Hall–Kier alpha value is -2.83. The summed E-state index contributed by atoms with van der Waals surface area (Å²) in [6.07, 6.45) is 1.21. The number of rotatable bonds is 8. The van der Waals surface area contributed by atoms with Crippen molar-refractivity contribution in [3.8, 4) is 5.75 Å². The lowest BCUT2D eigenvalue weighted by molar-refractivity contribution is -0.124. The Morgan fingerprint density at radius 3 is 2.59 bits per heavy atom. The molecule has 0 fully saturated rings. The zero-order chi connectivity index (χ0) is 20.1. The third kappa shape index (κ3) is 4.87. The van der Waals surface area contributed by atoms with Crippen molar-refractivity contribution in [1.82, 2.24) is 15.1 Å². The van der Waals surface area contributed by atoms with Crippen molar-refractivity contribution in [3.05, 3.63) is 46.3 Å². The zero-order valence-electron chi connectivity index (χ0n) is 16.5. The summed E-state index contributed by atoms with van der Waals surface area (Å²) >= 11 is 0. The minimum absolute atomic E-state index is 0.0150. The molecule has 146 valence electrons. The van der Waals surface area contributed by atoms with Crippen molar-refractivity contribution >= 4 is 11.9 Å².